The first-order valence-electron chi connectivity index (χ1n) is 4.98. The van der Waals surface area contributed by atoms with Gasteiger partial charge in [-0.2, -0.15) is 0 Å². The van der Waals surface area contributed by atoms with Gasteiger partial charge in [0.1, 0.15) is 5.82 Å². The van der Waals surface area contributed by atoms with Gasteiger partial charge in [-0.25, -0.2) is 8.78 Å². The van der Waals surface area contributed by atoms with E-state index in [0.717, 1.165) is 17.7 Å². The third-order valence-electron chi connectivity index (χ3n) is 1.84. The van der Waals surface area contributed by atoms with Crippen molar-refractivity contribution in [2.45, 2.75) is 6.92 Å². The molecule has 0 saturated heterocycles. The Morgan fingerprint density at radius 2 is 2.18 bits per heavy atom. The van der Waals surface area contributed by atoms with Crippen molar-refractivity contribution in [3.8, 4) is 5.75 Å². The second-order valence-corrected chi connectivity index (χ2v) is 3.60. The first-order chi connectivity index (χ1) is 7.99. The van der Waals surface area contributed by atoms with Crippen molar-refractivity contribution in [2.75, 3.05) is 13.2 Å². The van der Waals surface area contributed by atoms with Crippen LogP contribution in [0.25, 0.3) is 0 Å². The van der Waals surface area contributed by atoms with Crippen molar-refractivity contribution in [3.05, 3.63) is 42.0 Å². The zero-order valence-electron chi connectivity index (χ0n) is 9.43. The summed E-state index contributed by atoms with van der Waals surface area (Å²) in [5.74, 6) is -2.08. The summed E-state index contributed by atoms with van der Waals surface area (Å²) < 4.78 is 30.6. The molecule has 0 saturated carbocycles. The molecule has 1 aromatic rings. The number of halogens is 2. The molecule has 1 amide bonds. The van der Waals surface area contributed by atoms with Gasteiger partial charge in [-0.15, -0.1) is 0 Å². The van der Waals surface area contributed by atoms with Crippen LogP contribution in [-0.2, 0) is 4.79 Å². The van der Waals surface area contributed by atoms with E-state index in [0.29, 0.717) is 12.6 Å². The Balaban J connectivity index is 2.44. The van der Waals surface area contributed by atoms with E-state index in [1.54, 1.807) is 6.92 Å². The third kappa shape index (κ3) is 4.63. The number of carbonyl (C=O) groups excluding carboxylic acids is 1. The summed E-state index contributed by atoms with van der Waals surface area (Å²) in [5.41, 5.74) is 0.798. The highest BCUT2D eigenvalue weighted by Crippen LogP contribution is 2.17. The fourth-order valence-corrected chi connectivity index (χ4v) is 1.04. The van der Waals surface area contributed by atoms with E-state index in [1.165, 1.54) is 0 Å². The first-order valence-corrected chi connectivity index (χ1v) is 4.98. The Morgan fingerprint density at radius 3 is 2.76 bits per heavy atom. The largest absolute Gasteiger partial charge is 0.481 e. The summed E-state index contributed by atoms with van der Waals surface area (Å²) in [6, 6.07) is 2.89. The lowest BCUT2D eigenvalue weighted by Crippen LogP contribution is -2.30. The number of amides is 1. The highest BCUT2D eigenvalue weighted by molar-refractivity contribution is 5.77. The van der Waals surface area contributed by atoms with Gasteiger partial charge in [0.2, 0.25) is 0 Å². The van der Waals surface area contributed by atoms with Gasteiger partial charge in [-0.05, 0) is 19.1 Å². The number of nitrogens with one attached hydrogen (secondary N) is 1. The maximum Gasteiger partial charge on any atom is 0.258 e. The summed E-state index contributed by atoms with van der Waals surface area (Å²) in [6.45, 7) is 5.39. The van der Waals surface area contributed by atoms with Gasteiger partial charge in [0, 0.05) is 12.6 Å². The Hall–Kier alpha value is -1.91. The SMILES string of the molecule is C=C(C)CNC(=O)COc1ccc(F)cc1F. The smallest absolute Gasteiger partial charge is 0.258 e. The molecule has 0 aliphatic heterocycles. The minimum absolute atomic E-state index is 0.156. The first kappa shape index (κ1) is 13.2. The summed E-state index contributed by atoms with van der Waals surface area (Å²) in [5, 5.41) is 2.52. The van der Waals surface area contributed by atoms with E-state index in [9.17, 15) is 13.6 Å². The molecule has 17 heavy (non-hydrogen) atoms. The molecule has 0 bridgehead atoms. The molecule has 0 unspecified atom stereocenters. The van der Waals surface area contributed by atoms with Crippen molar-refractivity contribution in [1.82, 2.24) is 5.32 Å². The predicted molar refractivity (Wildman–Crippen MR) is 59.7 cm³/mol. The van der Waals surface area contributed by atoms with Crippen LogP contribution < -0.4 is 10.1 Å². The number of benzene rings is 1. The summed E-state index contributed by atoms with van der Waals surface area (Å²) in [6.07, 6.45) is 0. The Labute approximate surface area is 98.1 Å². The second-order valence-electron chi connectivity index (χ2n) is 3.60. The average molecular weight is 241 g/mol. The molecule has 0 aromatic heterocycles. The Morgan fingerprint density at radius 1 is 1.47 bits per heavy atom. The van der Waals surface area contributed by atoms with Gasteiger partial charge >= 0.3 is 0 Å². The lowest BCUT2D eigenvalue weighted by atomic mass is 10.3. The summed E-state index contributed by atoms with van der Waals surface area (Å²) in [4.78, 5) is 11.2. The zero-order chi connectivity index (χ0) is 12.8. The molecule has 0 heterocycles. The number of ether oxygens (including phenoxy) is 1. The highest BCUT2D eigenvalue weighted by Gasteiger charge is 2.07. The van der Waals surface area contributed by atoms with E-state index < -0.39 is 17.5 Å². The third-order valence-corrected chi connectivity index (χ3v) is 1.84. The molecule has 0 spiro atoms. The van der Waals surface area contributed by atoms with Gasteiger partial charge in [0.05, 0.1) is 0 Å². The molecule has 1 aromatic carbocycles. The molecule has 0 atom stereocenters. The molecule has 0 aliphatic rings. The Bertz CT molecular complexity index is 433. The quantitative estimate of drug-likeness (QED) is 0.801. The second kappa shape index (κ2) is 5.98. The summed E-state index contributed by atoms with van der Waals surface area (Å²) in [7, 11) is 0. The van der Waals surface area contributed by atoms with Crippen LogP contribution in [0.3, 0.4) is 0 Å². The van der Waals surface area contributed by atoms with Crippen LogP contribution in [0.5, 0.6) is 5.75 Å². The van der Waals surface area contributed by atoms with E-state index in [2.05, 4.69) is 11.9 Å². The standard InChI is InChI=1S/C12H13F2NO2/c1-8(2)6-15-12(16)7-17-11-4-3-9(13)5-10(11)14/h3-5H,1,6-7H2,2H3,(H,15,16). The van der Waals surface area contributed by atoms with Gasteiger partial charge in [-0.1, -0.05) is 12.2 Å². The number of hydrogen-bond acceptors (Lipinski definition) is 2. The molecular weight excluding hydrogens is 228 g/mol. The predicted octanol–water partition coefficient (Wildman–Crippen LogP) is 2.04. The summed E-state index contributed by atoms with van der Waals surface area (Å²) >= 11 is 0. The number of hydrogen-bond donors (Lipinski definition) is 1. The normalized spacial score (nSPS) is 9.82. The van der Waals surface area contributed by atoms with Gasteiger partial charge in [-0.3, -0.25) is 4.79 Å². The van der Waals surface area contributed by atoms with Crippen LogP contribution in [0.15, 0.2) is 30.4 Å². The van der Waals surface area contributed by atoms with E-state index in [1.807, 2.05) is 0 Å². The number of rotatable bonds is 5. The highest BCUT2D eigenvalue weighted by atomic mass is 19.1. The number of carbonyl (C=O) groups is 1. The van der Waals surface area contributed by atoms with E-state index in [4.69, 9.17) is 4.74 Å². The van der Waals surface area contributed by atoms with Crippen molar-refractivity contribution in [3.63, 3.8) is 0 Å². The lowest BCUT2D eigenvalue weighted by Gasteiger charge is -2.07. The van der Waals surface area contributed by atoms with Crippen LogP contribution in [0.4, 0.5) is 8.78 Å². The maximum atomic E-state index is 13.1. The van der Waals surface area contributed by atoms with Crippen LogP contribution in [-0.4, -0.2) is 19.1 Å². The molecule has 0 fully saturated rings. The van der Waals surface area contributed by atoms with Crippen LogP contribution in [0.1, 0.15) is 6.92 Å². The van der Waals surface area contributed by atoms with Crippen molar-refractivity contribution >= 4 is 5.91 Å². The van der Waals surface area contributed by atoms with Crippen LogP contribution in [0, 0.1) is 11.6 Å². The van der Waals surface area contributed by atoms with Crippen LogP contribution >= 0.6 is 0 Å². The van der Waals surface area contributed by atoms with Crippen molar-refractivity contribution < 1.29 is 18.3 Å². The lowest BCUT2D eigenvalue weighted by molar-refractivity contribution is -0.122. The van der Waals surface area contributed by atoms with Gasteiger partial charge in [0.25, 0.3) is 5.91 Å². The fraction of sp³-hybridized carbons (Fsp3) is 0.250. The van der Waals surface area contributed by atoms with Crippen molar-refractivity contribution in [1.29, 1.82) is 0 Å². The molecule has 3 nitrogen and oxygen atoms in total. The van der Waals surface area contributed by atoms with E-state index in [-0.39, 0.29) is 12.4 Å². The molecule has 0 aliphatic carbocycles. The van der Waals surface area contributed by atoms with Crippen LogP contribution in [0.2, 0.25) is 0 Å². The van der Waals surface area contributed by atoms with E-state index >= 15 is 0 Å². The molecule has 1 N–H and O–H groups in total. The average Bonchev–Trinajstić information content (AvgIpc) is 2.25. The van der Waals surface area contributed by atoms with Crippen molar-refractivity contribution in [2.24, 2.45) is 0 Å². The minimum atomic E-state index is -0.835. The van der Waals surface area contributed by atoms with Gasteiger partial charge < -0.3 is 10.1 Å². The molecular formula is C12H13F2NO2. The fourth-order valence-electron chi connectivity index (χ4n) is 1.04. The minimum Gasteiger partial charge on any atom is -0.481 e. The van der Waals surface area contributed by atoms with Gasteiger partial charge in [0.15, 0.2) is 18.2 Å². The zero-order valence-corrected chi connectivity index (χ0v) is 9.43. The molecule has 92 valence electrons. The maximum absolute atomic E-state index is 13.1. The molecule has 1 rings (SSSR count). The molecule has 0 radical (unpaired) electrons. The Kier molecular flexibility index (Phi) is 4.63. The molecule has 5 heteroatoms. The monoisotopic (exact) mass is 241 g/mol. The topological polar surface area (TPSA) is 38.3 Å².